The molecule has 0 aliphatic carbocycles. The van der Waals surface area contributed by atoms with Gasteiger partial charge in [-0.1, -0.05) is 20.8 Å². The van der Waals surface area contributed by atoms with Crippen molar-refractivity contribution in [1.82, 2.24) is 0 Å². The number of rotatable bonds is 3. The molecule has 0 aromatic carbocycles. The van der Waals surface area contributed by atoms with Crippen LogP contribution in [0.5, 0.6) is 0 Å². The third kappa shape index (κ3) is 2.58. The molecule has 0 aliphatic rings. The van der Waals surface area contributed by atoms with E-state index in [9.17, 15) is 0 Å². The van der Waals surface area contributed by atoms with Crippen LogP contribution in [0.3, 0.4) is 0 Å². The molecule has 0 saturated heterocycles. The lowest BCUT2D eigenvalue weighted by Crippen LogP contribution is -1.98. The number of hydrogen-bond donors (Lipinski definition) is 0. The van der Waals surface area contributed by atoms with Crippen molar-refractivity contribution in [3.8, 4) is 0 Å². The van der Waals surface area contributed by atoms with E-state index in [2.05, 4.69) is 42.0 Å². The molecule has 0 bridgehead atoms. The summed E-state index contributed by atoms with van der Waals surface area (Å²) in [6, 6.07) is 0. The number of hydrogen-bond acceptors (Lipinski definition) is 0. The van der Waals surface area contributed by atoms with Crippen LogP contribution in [0.15, 0.2) is 0 Å². The van der Waals surface area contributed by atoms with Crippen LogP contribution in [-0.4, -0.2) is 17.3 Å². The molecule has 0 saturated carbocycles. The van der Waals surface area contributed by atoms with E-state index < -0.39 is 0 Å². The summed E-state index contributed by atoms with van der Waals surface area (Å²) in [6.45, 7) is 6.90. The summed E-state index contributed by atoms with van der Waals surface area (Å²) in [5.74, 6) is 4.17. The standard InChI is InChI=1S/C6H15IS/c1-4-8(7,5-2)6-3/h4-6H2,1-3H3. The molecule has 0 atom stereocenters. The fraction of sp³-hybridized carbons (Fsp3) is 1.00. The van der Waals surface area contributed by atoms with Crippen molar-refractivity contribution in [2.24, 2.45) is 0 Å². The van der Waals surface area contributed by atoms with E-state index in [0.717, 1.165) is 0 Å². The van der Waals surface area contributed by atoms with Crippen molar-refractivity contribution in [1.29, 1.82) is 0 Å². The molecule has 0 aliphatic heterocycles. The third-order valence-corrected chi connectivity index (χ3v) is 10.3. The minimum Gasteiger partial charge on any atom is -0.188 e. The zero-order chi connectivity index (χ0) is 6.62. The average Bonchev–Trinajstić information content (AvgIpc) is 1.87. The van der Waals surface area contributed by atoms with Crippen LogP contribution < -0.4 is 0 Å². The van der Waals surface area contributed by atoms with Gasteiger partial charge in [0.25, 0.3) is 0 Å². The highest BCUT2D eigenvalue weighted by molar-refractivity contribution is 14.2. The van der Waals surface area contributed by atoms with Crippen molar-refractivity contribution in [3.63, 3.8) is 0 Å². The maximum absolute atomic E-state index is 2.65. The average molecular weight is 246 g/mol. The van der Waals surface area contributed by atoms with E-state index in [1.165, 1.54) is 17.3 Å². The molecule has 0 amide bonds. The van der Waals surface area contributed by atoms with Gasteiger partial charge >= 0.3 is 0 Å². The van der Waals surface area contributed by atoms with E-state index in [1.807, 2.05) is 0 Å². The predicted octanol–water partition coefficient (Wildman–Crippen LogP) is 3.20. The van der Waals surface area contributed by atoms with E-state index in [4.69, 9.17) is 0 Å². The normalized spacial score (nSPS) is 14.0. The van der Waals surface area contributed by atoms with Gasteiger partial charge in [0.1, 0.15) is 0 Å². The van der Waals surface area contributed by atoms with Crippen molar-refractivity contribution >= 4 is 28.4 Å². The summed E-state index contributed by atoms with van der Waals surface area (Å²) in [6.07, 6.45) is 0. The molecule has 0 aromatic heterocycles. The molecule has 2 heteroatoms. The third-order valence-electron chi connectivity index (χ3n) is 1.55. The van der Waals surface area contributed by atoms with Crippen LogP contribution in [0.25, 0.3) is 0 Å². The fourth-order valence-corrected chi connectivity index (χ4v) is 1.84. The number of halogens is 1. The molecular formula is C6H15IS. The Morgan fingerprint density at radius 2 is 1.25 bits per heavy atom. The zero-order valence-electron chi connectivity index (χ0n) is 5.91. The molecule has 8 heavy (non-hydrogen) atoms. The monoisotopic (exact) mass is 246 g/mol. The molecule has 0 unspecified atom stereocenters. The van der Waals surface area contributed by atoms with Gasteiger partial charge in [-0.25, -0.2) is 0 Å². The molecule has 0 N–H and O–H groups in total. The summed E-state index contributed by atoms with van der Waals surface area (Å²) in [4.78, 5) is 0. The minimum atomic E-state index is -0.183. The quantitative estimate of drug-likeness (QED) is 0.671. The van der Waals surface area contributed by atoms with E-state index >= 15 is 0 Å². The first-order valence-corrected chi connectivity index (χ1v) is 7.82. The Labute approximate surface area is 66.3 Å². The molecule has 0 radical (unpaired) electrons. The molecule has 0 aromatic rings. The Hall–Kier alpha value is 1.08. The van der Waals surface area contributed by atoms with Crippen LogP contribution in [0, 0.1) is 0 Å². The van der Waals surface area contributed by atoms with Gasteiger partial charge in [-0.15, -0.1) is 0 Å². The Balaban J connectivity index is 3.58. The predicted molar refractivity (Wildman–Crippen MR) is 53.2 cm³/mol. The van der Waals surface area contributed by atoms with E-state index in [-0.39, 0.29) is 7.20 Å². The van der Waals surface area contributed by atoms with Gasteiger partial charge in [0.15, 0.2) is 0 Å². The summed E-state index contributed by atoms with van der Waals surface area (Å²) in [7, 11) is -0.183. The fourth-order valence-electron chi connectivity index (χ4n) is 0.612. The first kappa shape index (κ1) is 9.08. The first-order valence-electron chi connectivity index (χ1n) is 3.14. The Morgan fingerprint density at radius 1 is 1.00 bits per heavy atom. The maximum Gasteiger partial charge on any atom is -0.0172 e. The van der Waals surface area contributed by atoms with Crippen LogP contribution >= 0.6 is 28.4 Å². The topological polar surface area (TPSA) is 0 Å². The Kier molecular flexibility index (Phi) is 4.52. The minimum absolute atomic E-state index is 0.183. The second-order valence-corrected chi connectivity index (χ2v) is 11.0. The van der Waals surface area contributed by atoms with Crippen LogP contribution in [-0.2, 0) is 0 Å². The highest BCUT2D eigenvalue weighted by Gasteiger charge is 2.10. The lowest BCUT2D eigenvalue weighted by atomic mass is 10.9. The van der Waals surface area contributed by atoms with Crippen LogP contribution in [0.4, 0.5) is 0 Å². The van der Waals surface area contributed by atoms with Gasteiger partial charge in [0.2, 0.25) is 0 Å². The molecule has 0 heterocycles. The molecule has 0 nitrogen and oxygen atoms in total. The van der Waals surface area contributed by atoms with Crippen molar-refractivity contribution in [3.05, 3.63) is 0 Å². The van der Waals surface area contributed by atoms with Crippen LogP contribution in [0.1, 0.15) is 20.8 Å². The lowest BCUT2D eigenvalue weighted by molar-refractivity contribution is 1.38. The molecular weight excluding hydrogens is 231 g/mol. The molecule has 0 spiro atoms. The van der Waals surface area contributed by atoms with Gasteiger partial charge in [-0.05, 0) is 38.5 Å². The van der Waals surface area contributed by atoms with Gasteiger partial charge in [0, 0.05) is 0 Å². The van der Waals surface area contributed by atoms with Gasteiger partial charge < -0.3 is 0 Å². The van der Waals surface area contributed by atoms with Crippen molar-refractivity contribution in [2.75, 3.05) is 17.3 Å². The lowest BCUT2D eigenvalue weighted by Gasteiger charge is -2.28. The highest BCUT2D eigenvalue weighted by atomic mass is 127. The Morgan fingerprint density at radius 3 is 1.25 bits per heavy atom. The van der Waals surface area contributed by atoms with Gasteiger partial charge in [0.05, 0.1) is 0 Å². The molecule has 0 fully saturated rings. The van der Waals surface area contributed by atoms with E-state index in [0.29, 0.717) is 0 Å². The summed E-state index contributed by atoms with van der Waals surface area (Å²) < 4.78 is 0. The van der Waals surface area contributed by atoms with E-state index in [1.54, 1.807) is 0 Å². The zero-order valence-corrected chi connectivity index (χ0v) is 8.88. The van der Waals surface area contributed by atoms with Gasteiger partial charge in [-0.2, -0.15) is 7.20 Å². The second-order valence-electron chi connectivity index (χ2n) is 1.81. The molecule has 0 rings (SSSR count). The smallest absolute Gasteiger partial charge is 0.0172 e. The van der Waals surface area contributed by atoms with Crippen molar-refractivity contribution in [2.45, 2.75) is 20.8 Å². The molecule has 52 valence electrons. The first-order chi connectivity index (χ1) is 3.68. The summed E-state index contributed by atoms with van der Waals surface area (Å²) >= 11 is 2.65. The summed E-state index contributed by atoms with van der Waals surface area (Å²) in [5, 5.41) is 0. The summed E-state index contributed by atoms with van der Waals surface area (Å²) in [5.41, 5.74) is 0. The largest absolute Gasteiger partial charge is 0.188 e. The van der Waals surface area contributed by atoms with Crippen LogP contribution in [0.2, 0.25) is 0 Å². The van der Waals surface area contributed by atoms with Gasteiger partial charge in [-0.3, -0.25) is 0 Å². The highest BCUT2D eigenvalue weighted by Crippen LogP contribution is 2.54. The maximum atomic E-state index is 2.65. The SMILES string of the molecule is CCS(I)(CC)CC. The van der Waals surface area contributed by atoms with Crippen molar-refractivity contribution < 1.29 is 0 Å². The Bertz CT molecular complexity index is 51.3. The second kappa shape index (κ2) is 3.99.